The maximum Gasteiger partial charge on any atom is 0.349 e. The Bertz CT molecular complexity index is 1580. The van der Waals surface area contributed by atoms with Gasteiger partial charge in [0.15, 0.2) is 5.75 Å². The summed E-state index contributed by atoms with van der Waals surface area (Å²) in [6, 6.07) is 11.0. The molecule has 0 saturated carbocycles. The predicted molar refractivity (Wildman–Crippen MR) is 139 cm³/mol. The van der Waals surface area contributed by atoms with Crippen LogP contribution in [0.4, 0.5) is 8.78 Å². The van der Waals surface area contributed by atoms with Crippen LogP contribution in [0.15, 0.2) is 64.3 Å². The number of aldehydes is 1. The van der Waals surface area contributed by atoms with Gasteiger partial charge in [0.2, 0.25) is 0 Å². The van der Waals surface area contributed by atoms with Crippen molar-refractivity contribution in [1.29, 1.82) is 0 Å². The fourth-order valence-corrected chi connectivity index (χ4v) is 4.36. The molecule has 38 heavy (non-hydrogen) atoms. The number of likely N-dealkylation sites (N-methyl/N-ethyl adjacent to an activating group) is 1. The molecule has 4 aromatic rings. The number of carbonyl (C=O) groups is 1. The standard InChI is InChI=1S/C26H20Cl2F2N4O4/c1-33(13-15-6-18(29)9-19(30)7-15)5-4-16-8-21(3-2-17(16)14-35)38-25-22(27)10-20(11-23(25)28)34-26(37)32-24(36)12-31-34/h2-3,6-12,14H,4-5,13H2,1H3,(H,32,36,37). The maximum atomic E-state index is 13.5. The summed E-state index contributed by atoms with van der Waals surface area (Å²) >= 11 is 12.8. The van der Waals surface area contributed by atoms with Crippen LogP contribution < -0.4 is 16.0 Å². The molecule has 196 valence electrons. The number of ether oxygens (including phenoxy) is 1. The number of hydrogen-bond donors (Lipinski definition) is 1. The molecule has 0 aliphatic carbocycles. The summed E-state index contributed by atoms with van der Waals surface area (Å²) in [6.45, 7) is 0.797. The van der Waals surface area contributed by atoms with Crippen molar-refractivity contribution in [2.24, 2.45) is 0 Å². The average molecular weight is 561 g/mol. The summed E-state index contributed by atoms with van der Waals surface area (Å²) < 4.78 is 33.8. The molecule has 0 unspecified atom stereocenters. The minimum Gasteiger partial charge on any atom is -0.454 e. The number of aromatic nitrogens is 3. The highest BCUT2D eigenvalue weighted by atomic mass is 35.5. The van der Waals surface area contributed by atoms with Crippen molar-refractivity contribution >= 4 is 29.5 Å². The summed E-state index contributed by atoms with van der Waals surface area (Å²) in [5, 5.41) is 3.93. The predicted octanol–water partition coefficient (Wildman–Crippen LogP) is 4.79. The van der Waals surface area contributed by atoms with Gasteiger partial charge in [-0.05, 0) is 67.1 Å². The van der Waals surface area contributed by atoms with Crippen LogP contribution in [-0.4, -0.2) is 39.5 Å². The van der Waals surface area contributed by atoms with Crippen molar-refractivity contribution in [3.8, 4) is 17.2 Å². The summed E-state index contributed by atoms with van der Waals surface area (Å²) in [5.74, 6) is -0.816. The van der Waals surface area contributed by atoms with Gasteiger partial charge in [-0.15, -0.1) is 0 Å². The maximum absolute atomic E-state index is 13.5. The van der Waals surface area contributed by atoms with Gasteiger partial charge in [0, 0.05) is 24.7 Å². The van der Waals surface area contributed by atoms with Crippen LogP contribution in [0.3, 0.4) is 0 Å². The van der Waals surface area contributed by atoms with Crippen LogP contribution in [0.2, 0.25) is 10.0 Å². The third-order valence-corrected chi connectivity index (χ3v) is 6.10. The zero-order valence-electron chi connectivity index (χ0n) is 19.9. The van der Waals surface area contributed by atoms with Gasteiger partial charge in [-0.25, -0.2) is 13.6 Å². The molecule has 8 nitrogen and oxygen atoms in total. The molecule has 0 amide bonds. The van der Waals surface area contributed by atoms with Crippen LogP contribution in [0.5, 0.6) is 11.5 Å². The Labute approximate surface area is 225 Å². The molecule has 1 heterocycles. The molecule has 12 heteroatoms. The van der Waals surface area contributed by atoms with E-state index in [2.05, 4.69) is 10.1 Å². The normalized spacial score (nSPS) is 11.1. The van der Waals surface area contributed by atoms with Crippen molar-refractivity contribution in [1.82, 2.24) is 19.7 Å². The molecule has 0 aliphatic rings. The number of aromatic amines is 1. The zero-order chi connectivity index (χ0) is 27.4. The van der Waals surface area contributed by atoms with E-state index in [4.69, 9.17) is 27.9 Å². The number of H-pyrrole nitrogens is 1. The van der Waals surface area contributed by atoms with Crippen molar-refractivity contribution in [2.75, 3.05) is 13.6 Å². The first-order valence-electron chi connectivity index (χ1n) is 11.2. The quantitative estimate of drug-likeness (QED) is 0.296. The minimum absolute atomic E-state index is 0.0791. The van der Waals surface area contributed by atoms with E-state index in [-0.39, 0.29) is 21.5 Å². The minimum atomic E-state index is -0.764. The van der Waals surface area contributed by atoms with E-state index in [9.17, 15) is 23.2 Å². The number of carbonyl (C=O) groups excluding carboxylic acids is 1. The molecule has 0 bridgehead atoms. The first-order chi connectivity index (χ1) is 18.1. The topological polar surface area (TPSA) is 97.3 Å². The molecule has 0 atom stereocenters. The molecular weight excluding hydrogens is 541 g/mol. The van der Waals surface area contributed by atoms with Crippen molar-refractivity contribution in [2.45, 2.75) is 13.0 Å². The van der Waals surface area contributed by atoms with Gasteiger partial charge < -0.3 is 9.64 Å². The zero-order valence-corrected chi connectivity index (χ0v) is 21.4. The van der Waals surface area contributed by atoms with Gasteiger partial charge in [0.25, 0.3) is 5.56 Å². The molecule has 4 rings (SSSR count). The van der Waals surface area contributed by atoms with Crippen LogP contribution in [0.25, 0.3) is 5.69 Å². The largest absolute Gasteiger partial charge is 0.454 e. The van der Waals surface area contributed by atoms with Gasteiger partial charge in [-0.2, -0.15) is 9.78 Å². The third kappa shape index (κ3) is 6.52. The lowest BCUT2D eigenvalue weighted by Gasteiger charge is -2.18. The van der Waals surface area contributed by atoms with E-state index in [0.29, 0.717) is 42.0 Å². The molecule has 1 aromatic heterocycles. The van der Waals surface area contributed by atoms with Crippen LogP contribution in [0.1, 0.15) is 21.5 Å². The Balaban J connectivity index is 1.52. The molecule has 1 N–H and O–H groups in total. The monoisotopic (exact) mass is 560 g/mol. The van der Waals surface area contributed by atoms with Crippen molar-refractivity contribution in [3.63, 3.8) is 0 Å². The highest BCUT2D eigenvalue weighted by Crippen LogP contribution is 2.38. The second kappa shape index (κ2) is 11.7. The van der Waals surface area contributed by atoms with Gasteiger partial charge >= 0.3 is 5.69 Å². The Hall–Kier alpha value is -3.86. The number of hydrogen-bond acceptors (Lipinski definition) is 6. The molecule has 0 saturated heterocycles. The lowest BCUT2D eigenvalue weighted by molar-refractivity contribution is 0.112. The number of rotatable bonds is 9. The molecule has 0 aliphatic heterocycles. The highest BCUT2D eigenvalue weighted by molar-refractivity contribution is 6.37. The Morgan fingerprint density at radius 2 is 1.74 bits per heavy atom. The fourth-order valence-electron chi connectivity index (χ4n) is 3.80. The Morgan fingerprint density at radius 1 is 1.05 bits per heavy atom. The smallest absolute Gasteiger partial charge is 0.349 e. The SMILES string of the molecule is CN(CCc1cc(Oc2c(Cl)cc(-n3ncc(=O)[nH]c3=O)cc2Cl)ccc1C=O)Cc1cc(F)cc(F)c1. The number of nitrogens with zero attached hydrogens (tertiary/aromatic N) is 3. The summed E-state index contributed by atoms with van der Waals surface area (Å²) in [6.07, 6.45) is 2.11. The van der Waals surface area contributed by atoms with Crippen LogP contribution in [-0.2, 0) is 13.0 Å². The van der Waals surface area contributed by atoms with Gasteiger partial charge in [-0.1, -0.05) is 23.2 Å². The molecule has 0 spiro atoms. The second-order valence-electron chi connectivity index (χ2n) is 8.44. The van der Waals surface area contributed by atoms with E-state index in [1.807, 2.05) is 4.90 Å². The van der Waals surface area contributed by atoms with Gasteiger partial charge in [0.1, 0.15) is 29.9 Å². The van der Waals surface area contributed by atoms with E-state index in [1.165, 1.54) is 24.3 Å². The summed E-state index contributed by atoms with van der Waals surface area (Å²) in [4.78, 5) is 38.9. The fraction of sp³-hybridized carbons (Fsp3) is 0.154. The van der Waals surface area contributed by atoms with Crippen LogP contribution in [0, 0.1) is 11.6 Å². The first kappa shape index (κ1) is 27.2. The molecule has 0 fully saturated rings. The lowest BCUT2D eigenvalue weighted by Crippen LogP contribution is -2.30. The van der Waals surface area contributed by atoms with E-state index < -0.39 is 22.9 Å². The first-order valence-corrected chi connectivity index (χ1v) is 12.0. The molecule has 3 aromatic carbocycles. The van der Waals surface area contributed by atoms with Gasteiger partial charge in [-0.3, -0.25) is 14.6 Å². The Kier molecular flexibility index (Phi) is 8.35. The average Bonchev–Trinajstić information content (AvgIpc) is 2.84. The van der Waals surface area contributed by atoms with E-state index in [1.54, 1.807) is 25.2 Å². The van der Waals surface area contributed by atoms with E-state index in [0.717, 1.165) is 23.2 Å². The van der Waals surface area contributed by atoms with Crippen molar-refractivity contribution in [3.05, 3.63) is 114 Å². The Morgan fingerprint density at radius 3 is 2.37 bits per heavy atom. The second-order valence-corrected chi connectivity index (χ2v) is 9.25. The van der Waals surface area contributed by atoms with Crippen LogP contribution >= 0.6 is 23.2 Å². The molecular formula is C26H20Cl2F2N4O4. The number of benzene rings is 3. The summed E-state index contributed by atoms with van der Waals surface area (Å²) in [5.41, 5.74) is 0.435. The number of nitrogens with one attached hydrogen (secondary N) is 1. The van der Waals surface area contributed by atoms with Crippen molar-refractivity contribution < 1.29 is 18.3 Å². The van der Waals surface area contributed by atoms with E-state index >= 15 is 0 Å². The lowest BCUT2D eigenvalue weighted by atomic mass is 10.0. The molecule has 0 radical (unpaired) electrons. The summed E-state index contributed by atoms with van der Waals surface area (Å²) in [7, 11) is 1.80. The van der Waals surface area contributed by atoms with Gasteiger partial charge in [0.05, 0.1) is 15.7 Å². The third-order valence-electron chi connectivity index (χ3n) is 5.54. The number of halogens is 4. The highest BCUT2D eigenvalue weighted by Gasteiger charge is 2.15.